The van der Waals surface area contributed by atoms with Gasteiger partial charge in [0.05, 0.1) is 5.56 Å². The van der Waals surface area contributed by atoms with Gasteiger partial charge < -0.3 is 10.6 Å². The molecule has 0 spiro atoms. The van der Waals surface area contributed by atoms with Gasteiger partial charge in [-0.05, 0) is 24.6 Å². The van der Waals surface area contributed by atoms with Crippen LogP contribution >= 0.6 is 0 Å². The lowest BCUT2D eigenvalue weighted by Gasteiger charge is -2.10. The lowest BCUT2D eigenvalue weighted by molar-refractivity contribution is 0.216. The Morgan fingerprint density at radius 3 is 1.73 bits per heavy atom. The molecule has 3 rings (SSSR count). The highest BCUT2D eigenvalue weighted by Crippen LogP contribution is 2.28. The van der Waals surface area contributed by atoms with E-state index in [4.69, 9.17) is 0 Å². The van der Waals surface area contributed by atoms with Crippen LogP contribution in [0.3, 0.4) is 0 Å². The molecule has 1 aromatic heterocycles. The molecule has 0 aliphatic rings. The number of nitrogens with zero attached hydrogens (tertiary/aromatic N) is 1. The molecule has 0 fully saturated rings. The van der Waals surface area contributed by atoms with E-state index < -0.39 is 75.0 Å². The number of hydrogen-bond donors (Lipinski definition) is 2. The van der Waals surface area contributed by atoms with Crippen LogP contribution in [0, 0.1) is 53.5 Å². The van der Waals surface area contributed by atoms with Gasteiger partial charge in [0.2, 0.25) is 5.82 Å². The minimum absolute atomic E-state index is 0. The minimum atomic E-state index is -2.45. The fourth-order valence-electron chi connectivity index (χ4n) is 2.73. The maximum Gasteiger partial charge on any atom is 0.277 e. The smallest absolute Gasteiger partial charge is 0.277 e. The fourth-order valence-corrected chi connectivity index (χ4v) is 2.73. The normalized spacial score (nSPS) is 12.1. The van der Waals surface area contributed by atoms with Crippen LogP contribution in [0.1, 0.15) is 22.9 Å². The maximum absolute atomic E-state index is 14.0. The second kappa shape index (κ2) is 7.91. The summed E-state index contributed by atoms with van der Waals surface area (Å²) in [7, 11) is 0. The van der Waals surface area contributed by atoms with Gasteiger partial charge in [-0.15, -0.1) is 0 Å². The molecule has 0 saturated heterocycles. The molecule has 2 aromatic carbocycles. The first kappa shape index (κ1) is 23.1. The van der Waals surface area contributed by atoms with E-state index in [2.05, 4.69) is 0 Å². The molecular weight excluding hydrogens is 432 g/mol. The molecule has 0 bridgehead atoms. The molecule has 162 valence electrons. The Labute approximate surface area is 161 Å². The zero-order valence-corrected chi connectivity index (χ0v) is 14.6. The standard InChI is InChI=1S/C17H8F8N2O2.H2O/c1-4-8(16(28)5-2-6(18)9(20)7(19)3-5)17(29)27(26-4)15-13(24)11(22)10(21)12(23)14(15)25;/h2-3,16,26,28H,1H3;1H2. The van der Waals surface area contributed by atoms with Crippen molar-refractivity contribution < 1.29 is 45.7 Å². The number of aliphatic hydroxyl groups is 1. The van der Waals surface area contributed by atoms with Gasteiger partial charge in [-0.1, -0.05) is 0 Å². The van der Waals surface area contributed by atoms with Gasteiger partial charge >= 0.3 is 0 Å². The molecule has 13 heteroatoms. The third-order valence-electron chi connectivity index (χ3n) is 4.12. The number of aliphatic hydroxyl groups excluding tert-OH is 1. The molecule has 1 unspecified atom stereocenters. The van der Waals surface area contributed by atoms with E-state index in [1.54, 1.807) is 0 Å². The average Bonchev–Trinajstić information content (AvgIpc) is 2.96. The van der Waals surface area contributed by atoms with Gasteiger partial charge in [0.1, 0.15) is 11.8 Å². The second-order valence-electron chi connectivity index (χ2n) is 5.91. The summed E-state index contributed by atoms with van der Waals surface area (Å²) in [6, 6.07) is 0.745. The van der Waals surface area contributed by atoms with Crippen LogP contribution in [0.15, 0.2) is 16.9 Å². The Kier molecular flexibility index (Phi) is 6.09. The molecule has 0 saturated carbocycles. The van der Waals surface area contributed by atoms with Crippen molar-refractivity contribution >= 4 is 0 Å². The topological polar surface area (TPSA) is 89.5 Å². The second-order valence-corrected chi connectivity index (χ2v) is 5.91. The van der Waals surface area contributed by atoms with Crippen molar-refractivity contribution in [1.29, 1.82) is 0 Å². The lowest BCUT2D eigenvalue weighted by atomic mass is 10.0. The Bertz CT molecular complexity index is 1150. The number of aryl methyl sites for hydroxylation is 1. The number of aromatic nitrogens is 2. The summed E-state index contributed by atoms with van der Waals surface area (Å²) in [4.78, 5) is 12.5. The minimum Gasteiger partial charge on any atom is -0.412 e. The predicted molar refractivity (Wildman–Crippen MR) is 84.9 cm³/mol. The van der Waals surface area contributed by atoms with Crippen molar-refractivity contribution in [2.45, 2.75) is 13.0 Å². The summed E-state index contributed by atoms with van der Waals surface area (Å²) >= 11 is 0. The molecule has 1 atom stereocenters. The number of H-pyrrole nitrogens is 1. The Morgan fingerprint density at radius 2 is 1.27 bits per heavy atom. The zero-order valence-electron chi connectivity index (χ0n) is 14.6. The summed E-state index contributed by atoms with van der Waals surface area (Å²) in [5, 5.41) is 12.3. The molecule has 0 amide bonds. The van der Waals surface area contributed by atoms with Crippen LogP contribution in [0.4, 0.5) is 35.1 Å². The van der Waals surface area contributed by atoms with Crippen LogP contribution in [0.5, 0.6) is 0 Å². The fraction of sp³-hybridized carbons (Fsp3) is 0.118. The molecule has 3 aromatic rings. The first-order valence-corrected chi connectivity index (χ1v) is 7.63. The monoisotopic (exact) mass is 442 g/mol. The van der Waals surface area contributed by atoms with Gasteiger partial charge in [0.25, 0.3) is 5.56 Å². The summed E-state index contributed by atoms with van der Waals surface area (Å²) in [5.74, 6) is -17.0. The quantitative estimate of drug-likeness (QED) is 0.371. The Hall–Kier alpha value is -3.19. The van der Waals surface area contributed by atoms with Crippen molar-refractivity contribution in [1.82, 2.24) is 9.78 Å². The van der Waals surface area contributed by atoms with E-state index in [9.17, 15) is 45.0 Å². The van der Waals surface area contributed by atoms with Crippen molar-refractivity contribution in [2.75, 3.05) is 0 Å². The van der Waals surface area contributed by atoms with Crippen molar-refractivity contribution in [3.63, 3.8) is 0 Å². The summed E-state index contributed by atoms with van der Waals surface area (Å²) < 4.78 is 108. The largest absolute Gasteiger partial charge is 0.412 e. The molecule has 0 radical (unpaired) electrons. The summed E-state index contributed by atoms with van der Waals surface area (Å²) in [6.07, 6.45) is -2.12. The highest BCUT2D eigenvalue weighted by atomic mass is 19.2. The summed E-state index contributed by atoms with van der Waals surface area (Å²) in [6.45, 7) is 1.08. The molecule has 1 heterocycles. The lowest BCUT2D eigenvalue weighted by Crippen LogP contribution is -2.23. The Balaban J connectivity index is 0.00000320. The maximum atomic E-state index is 14.0. The Morgan fingerprint density at radius 1 is 0.833 bits per heavy atom. The van der Waals surface area contributed by atoms with Gasteiger partial charge in [-0.3, -0.25) is 9.89 Å². The van der Waals surface area contributed by atoms with E-state index in [0.717, 1.165) is 6.92 Å². The number of benzene rings is 2. The average molecular weight is 442 g/mol. The van der Waals surface area contributed by atoms with Crippen molar-refractivity contribution in [3.8, 4) is 5.69 Å². The summed E-state index contributed by atoms with van der Waals surface area (Å²) in [5.41, 5.74) is -4.80. The predicted octanol–water partition coefficient (Wildman–Crippen LogP) is 2.84. The molecule has 30 heavy (non-hydrogen) atoms. The molecule has 0 aliphatic heterocycles. The van der Waals surface area contributed by atoms with Crippen LogP contribution < -0.4 is 5.56 Å². The van der Waals surface area contributed by atoms with E-state index in [1.807, 2.05) is 5.10 Å². The van der Waals surface area contributed by atoms with E-state index in [-0.39, 0.29) is 15.9 Å². The number of halogens is 8. The van der Waals surface area contributed by atoms with Gasteiger partial charge in [-0.2, -0.15) is 0 Å². The number of nitrogens with one attached hydrogen (secondary N) is 1. The number of rotatable bonds is 3. The third kappa shape index (κ3) is 3.35. The van der Waals surface area contributed by atoms with E-state index >= 15 is 0 Å². The highest BCUT2D eigenvalue weighted by Gasteiger charge is 2.31. The molecule has 4 N–H and O–H groups in total. The third-order valence-corrected chi connectivity index (χ3v) is 4.12. The van der Waals surface area contributed by atoms with Crippen LogP contribution in [-0.2, 0) is 0 Å². The van der Waals surface area contributed by atoms with Crippen molar-refractivity contribution in [3.05, 3.63) is 85.8 Å². The van der Waals surface area contributed by atoms with Gasteiger partial charge in [0.15, 0.2) is 40.7 Å². The van der Waals surface area contributed by atoms with E-state index in [1.165, 1.54) is 0 Å². The molecular formula is C17H10F8N2O3. The van der Waals surface area contributed by atoms with Crippen LogP contribution in [-0.4, -0.2) is 20.4 Å². The zero-order chi connectivity index (χ0) is 21.8. The first-order valence-electron chi connectivity index (χ1n) is 7.63. The first-order chi connectivity index (χ1) is 13.5. The van der Waals surface area contributed by atoms with Gasteiger partial charge in [-0.25, -0.2) is 39.8 Å². The van der Waals surface area contributed by atoms with Crippen LogP contribution in [0.25, 0.3) is 5.69 Å². The van der Waals surface area contributed by atoms with E-state index in [0.29, 0.717) is 12.1 Å². The molecule has 5 nitrogen and oxygen atoms in total. The van der Waals surface area contributed by atoms with Crippen molar-refractivity contribution in [2.24, 2.45) is 0 Å². The van der Waals surface area contributed by atoms with Gasteiger partial charge in [0, 0.05) is 5.69 Å². The van der Waals surface area contributed by atoms with Crippen LogP contribution in [0.2, 0.25) is 0 Å². The molecule has 0 aliphatic carbocycles. The number of hydrogen-bond acceptors (Lipinski definition) is 2. The highest BCUT2D eigenvalue weighted by molar-refractivity contribution is 5.40. The number of aromatic amines is 1. The SMILES string of the molecule is Cc1[nH]n(-c2c(F)c(F)c(F)c(F)c2F)c(=O)c1C(O)c1cc(F)c(F)c(F)c1.O.